The molecule has 1 aliphatic carbocycles. The average Bonchev–Trinajstić information content (AvgIpc) is 3.81. The quantitative estimate of drug-likeness (QED) is 0.193. The Balaban J connectivity index is 1.00. The second kappa shape index (κ2) is 13.3. The maximum atomic E-state index is 12.8. The predicted molar refractivity (Wildman–Crippen MR) is 183 cm³/mol. The van der Waals surface area contributed by atoms with Gasteiger partial charge in [0.1, 0.15) is 18.7 Å². The summed E-state index contributed by atoms with van der Waals surface area (Å²) in [6.07, 6.45) is 3.93. The average molecular weight is 762 g/mol. The minimum atomic E-state index is -3.81. The lowest BCUT2D eigenvalue weighted by Gasteiger charge is -2.45. The molecule has 4 N–H and O–H groups in total. The number of benzene rings is 1. The fraction of sp³-hybridized carbons (Fsp3) is 0.393. The summed E-state index contributed by atoms with van der Waals surface area (Å²) in [7, 11) is 0. The van der Waals surface area contributed by atoms with Gasteiger partial charge >= 0.3 is 13.4 Å². The number of amides is 1. The van der Waals surface area contributed by atoms with Crippen LogP contribution >= 0.6 is 13.4 Å². The van der Waals surface area contributed by atoms with E-state index in [1.165, 1.54) is 25.3 Å². The number of H-pyrrole nitrogens is 1. The molecular weight excluding hydrogens is 732 g/mol. The molecule has 4 aromatic heterocycles. The minimum Gasteiger partial charge on any atom is -0.349 e. The highest BCUT2D eigenvalue weighted by atomic mass is 32.5. The van der Waals surface area contributed by atoms with E-state index in [1.54, 1.807) is 33.4 Å². The lowest BCUT2D eigenvalue weighted by molar-refractivity contribution is -0.0389. The number of aromatic nitrogens is 8. The molecule has 5 aromatic rings. The Morgan fingerprint density at radius 3 is 2.46 bits per heavy atom. The molecule has 3 aliphatic rings. The zero-order valence-electron chi connectivity index (χ0n) is 25.8. The number of carbonyl (C=O) groups is 1. The number of nitrogens with zero attached hydrogens (tertiary/aromatic N) is 7. The van der Waals surface area contributed by atoms with Crippen LogP contribution < -0.4 is 10.9 Å². The first-order valence-electron chi connectivity index (χ1n) is 15.4. The number of rotatable bonds is 4. The lowest BCUT2D eigenvalue weighted by Crippen LogP contribution is -2.43. The molecular formula is C28H29N9O9P2S2. The molecule has 1 amide bonds. The Labute approximate surface area is 292 Å². The van der Waals surface area contributed by atoms with Crippen molar-refractivity contribution < 1.29 is 37.4 Å². The second-order valence-corrected chi connectivity index (χ2v) is 17.6. The van der Waals surface area contributed by atoms with Gasteiger partial charge in [0, 0.05) is 23.9 Å². The van der Waals surface area contributed by atoms with Crippen LogP contribution in [0.3, 0.4) is 0 Å². The fourth-order valence-electron chi connectivity index (χ4n) is 6.47. The molecule has 0 spiro atoms. The van der Waals surface area contributed by atoms with E-state index in [4.69, 9.17) is 46.4 Å². The second-order valence-electron chi connectivity index (χ2n) is 12.0. The molecule has 18 nitrogen and oxygen atoms in total. The number of ether oxygens (including phenoxy) is 1. The molecule has 262 valence electrons. The van der Waals surface area contributed by atoms with E-state index < -0.39 is 31.9 Å². The molecule has 0 radical (unpaired) electrons. The van der Waals surface area contributed by atoms with Crippen molar-refractivity contribution in [2.75, 3.05) is 25.1 Å². The number of carbonyl (C=O) groups excluding carboxylic acids is 1. The van der Waals surface area contributed by atoms with Crippen LogP contribution in [0.25, 0.3) is 22.3 Å². The third kappa shape index (κ3) is 6.57. The van der Waals surface area contributed by atoms with Gasteiger partial charge in [-0.1, -0.05) is 18.2 Å². The van der Waals surface area contributed by atoms with E-state index in [0.29, 0.717) is 28.8 Å². The molecule has 2 aliphatic heterocycles. The van der Waals surface area contributed by atoms with E-state index in [1.807, 2.05) is 6.07 Å². The van der Waals surface area contributed by atoms with Crippen molar-refractivity contribution in [2.45, 2.75) is 37.3 Å². The van der Waals surface area contributed by atoms with Crippen molar-refractivity contribution in [1.29, 1.82) is 0 Å². The van der Waals surface area contributed by atoms with Gasteiger partial charge in [0.15, 0.2) is 28.1 Å². The Morgan fingerprint density at radius 2 is 1.62 bits per heavy atom. The highest BCUT2D eigenvalue weighted by Crippen LogP contribution is 2.55. The van der Waals surface area contributed by atoms with Gasteiger partial charge in [-0.25, -0.2) is 24.9 Å². The number of hydrogen-bond donors (Lipinski definition) is 4. The third-order valence-corrected chi connectivity index (χ3v) is 12.2. The summed E-state index contributed by atoms with van der Waals surface area (Å²) in [6, 6.07) is 8.47. The van der Waals surface area contributed by atoms with Gasteiger partial charge < -0.3 is 47.5 Å². The normalized spacial score (nSPS) is 31.9. The topological polar surface area (TPSA) is 223 Å². The molecule has 22 heteroatoms. The van der Waals surface area contributed by atoms with Crippen LogP contribution in [0.2, 0.25) is 0 Å². The first kappa shape index (κ1) is 33.7. The predicted octanol–water partition coefficient (Wildman–Crippen LogP) is 2.56. The molecule has 2 saturated heterocycles. The van der Waals surface area contributed by atoms with Gasteiger partial charge in [-0.05, 0) is 48.1 Å². The number of aromatic amines is 1. The molecule has 8 atom stereocenters. The van der Waals surface area contributed by atoms with Crippen LogP contribution in [0, 0.1) is 11.8 Å². The SMILES string of the molecule is O=C(Nc1ncnc2c1ncn2[C@H]1C[C@@H]2OP(O)(=S)OC[C@H]3C[C@@H](n4cnc5c(=O)[nH]cnc54)[C@@H]3COP(O)(=S)OC[C@H]2O1)c1ccccc1. The summed E-state index contributed by atoms with van der Waals surface area (Å²) in [6.45, 7) is -7.82. The van der Waals surface area contributed by atoms with E-state index in [-0.39, 0.29) is 66.9 Å². The summed E-state index contributed by atoms with van der Waals surface area (Å²) in [5.74, 6) is -0.603. The lowest BCUT2D eigenvalue weighted by atomic mass is 9.70. The van der Waals surface area contributed by atoms with Crippen molar-refractivity contribution >= 4 is 71.1 Å². The zero-order chi connectivity index (χ0) is 34.6. The number of hydrogen-bond acceptors (Lipinski definition) is 14. The smallest absolute Gasteiger partial charge is 0.324 e. The summed E-state index contributed by atoms with van der Waals surface area (Å²) in [4.78, 5) is 71.2. The number of fused-ring (bicyclic) bond motifs is 4. The van der Waals surface area contributed by atoms with Crippen molar-refractivity contribution in [3.05, 3.63) is 71.6 Å². The Kier molecular flexibility index (Phi) is 8.97. The van der Waals surface area contributed by atoms with Crippen molar-refractivity contribution in [1.82, 2.24) is 39.0 Å². The maximum Gasteiger partial charge on any atom is 0.324 e. The summed E-state index contributed by atoms with van der Waals surface area (Å²) < 4.78 is 33.1. The third-order valence-electron chi connectivity index (χ3n) is 9.04. The monoisotopic (exact) mass is 761 g/mol. The maximum absolute atomic E-state index is 12.8. The summed E-state index contributed by atoms with van der Waals surface area (Å²) in [5, 5.41) is 2.77. The molecule has 6 heterocycles. The molecule has 8 rings (SSSR count). The number of nitrogens with one attached hydrogen (secondary N) is 2. The van der Waals surface area contributed by atoms with Gasteiger partial charge in [-0.15, -0.1) is 0 Å². The first-order valence-corrected chi connectivity index (χ1v) is 20.6. The highest BCUT2D eigenvalue weighted by molar-refractivity contribution is 8.07. The van der Waals surface area contributed by atoms with Crippen LogP contribution in [0.1, 0.15) is 35.5 Å². The van der Waals surface area contributed by atoms with E-state index in [2.05, 4.69) is 35.2 Å². The highest BCUT2D eigenvalue weighted by Gasteiger charge is 2.47. The summed E-state index contributed by atoms with van der Waals surface area (Å²) in [5.41, 5.74) is 1.39. The fourth-order valence-corrected chi connectivity index (χ4v) is 9.13. The van der Waals surface area contributed by atoms with Gasteiger partial charge in [0.05, 0.1) is 44.9 Å². The molecule has 0 bridgehead atoms. The van der Waals surface area contributed by atoms with Crippen LogP contribution in [-0.4, -0.2) is 86.8 Å². The molecule has 2 unspecified atom stereocenters. The van der Waals surface area contributed by atoms with Crippen LogP contribution in [-0.2, 0) is 46.4 Å². The van der Waals surface area contributed by atoms with Gasteiger partial charge in [0.2, 0.25) is 0 Å². The van der Waals surface area contributed by atoms with Crippen molar-refractivity contribution in [2.24, 2.45) is 11.8 Å². The Morgan fingerprint density at radius 1 is 0.880 bits per heavy atom. The van der Waals surface area contributed by atoms with Crippen molar-refractivity contribution in [3.63, 3.8) is 0 Å². The first-order chi connectivity index (χ1) is 24.1. The van der Waals surface area contributed by atoms with Gasteiger partial charge in [-0.3, -0.25) is 14.2 Å². The van der Waals surface area contributed by atoms with Crippen LogP contribution in [0.4, 0.5) is 5.82 Å². The van der Waals surface area contributed by atoms with Crippen LogP contribution in [0.15, 0.2) is 60.4 Å². The van der Waals surface area contributed by atoms with Crippen LogP contribution in [0.5, 0.6) is 0 Å². The zero-order valence-corrected chi connectivity index (χ0v) is 29.2. The minimum absolute atomic E-state index is 0.00799. The van der Waals surface area contributed by atoms with Crippen molar-refractivity contribution in [3.8, 4) is 0 Å². The molecule has 1 saturated carbocycles. The van der Waals surface area contributed by atoms with E-state index >= 15 is 0 Å². The van der Waals surface area contributed by atoms with Gasteiger partial charge in [-0.2, -0.15) is 0 Å². The molecule has 3 fully saturated rings. The summed E-state index contributed by atoms with van der Waals surface area (Å²) >= 11 is 10.8. The number of imidazole rings is 2. The molecule has 50 heavy (non-hydrogen) atoms. The Bertz CT molecular complexity index is 2240. The Hall–Kier alpha value is -3.39. The van der Waals surface area contributed by atoms with Gasteiger partial charge in [0.25, 0.3) is 11.5 Å². The van der Waals surface area contributed by atoms with E-state index in [0.717, 1.165) is 0 Å². The van der Waals surface area contributed by atoms with E-state index in [9.17, 15) is 19.4 Å². The standard InChI is InChI=1S/C28H29N9O9P2S2/c38-27(15-4-2-1-3-5-15)35-24-22-25(30-11-29-24)37(14-33-22)21-7-19-20(45-21)10-44-47(40,49)43-9-17-16(8-42-48(41,50)46-19)6-18(17)36-13-34-23-26(36)31-12-32-28(23)39/h1-5,11-14,16-21H,6-10H2,(H,40,49)(H,41,50)(H,31,32,39)(H,29,30,35,38)/t16-,17-,18-,19+,20-,21-,47?,48?/m1/s1. The molecule has 1 aromatic carbocycles. The number of anilines is 1. The largest absolute Gasteiger partial charge is 0.349 e.